The number of aryl methyl sites for hydroxylation is 1. The second kappa shape index (κ2) is 5.41. The summed E-state index contributed by atoms with van der Waals surface area (Å²) in [5, 5.41) is 3.58. The van der Waals surface area contributed by atoms with Crippen LogP contribution in [-0.4, -0.2) is 34.1 Å². The van der Waals surface area contributed by atoms with Crippen LogP contribution in [0.2, 0.25) is 0 Å². The van der Waals surface area contributed by atoms with Gasteiger partial charge in [0, 0.05) is 30.6 Å². The van der Waals surface area contributed by atoms with Crippen molar-refractivity contribution in [1.82, 2.24) is 15.3 Å². The first-order chi connectivity index (χ1) is 6.95. The molecule has 0 spiro atoms. The van der Waals surface area contributed by atoms with E-state index in [4.69, 9.17) is 0 Å². The number of rotatable bonds is 5. The van der Waals surface area contributed by atoms with E-state index in [9.17, 15) is 0 Å². The maximum Gasteiger partial charge on any atom is 0.106 e. The van der Waals surface area contributed by atoms with Crippen LogP contribution in [0.15, 0.2) is 12.4 Å². The highest BCUT2D eigenvalue weighted by Crippen LogP contribution is 2.16. The SMILES string of the molecule is c1c[nH]c(CCCNC2CCSC2)n1. The van der Waals surface area contributed by atoms with Gasteiger partial charge in [-0.25, -0.2) is 4.98 Å². The highest BCUT2D eigenvalue weighted by atomic mass is 32.2. The van der Waals surface area contributed by atoms with E-state index in [0.29, 0.717) is 0 Å². The zero-order valence-electron chi connectivity index (χ0n) is 8.33. The third-order valence-corrected chi connectivity index (χ3v) is 3.67. The zero-order valence-corrected chi connectivity index (χ0v) is 9.15. The third kappa shape index (κ3) is 3.03. The number of hydrogen-bond acceptors (Lipinski definition) is 3. The maximum atomic E-state index is 4.20. The van der Waals surface area contributed by atoms with Gasteiger partial charge in [-0.1, -0.05) is 0 Å². The molecule has 0 saturated carbocycles. The van der Waals surface area contributed by atoms with Crippen molar-refractivity contribution in [3.8, 4) is 0 Å². The molecule has 2 rings (SSSR count). The number of nitrogens with one attached hydrogen (secondary N) is 2. The van der Waals surface area contributed by atoms with Crippen LogP contribution >= 0.6 is 11.8 Å². The highest BCUT2D eigenvalue weighted by molar-refractivity contribution is 7.99. The molecule has 1 aliphatic heterocycles. The summed E-state index contributed by atoms with van der Waals surface area (Å²) in [5.74, 6) is 3.73. The van der Waals surface area contributed by atoms with Gasteiger partial charge >= 0.3 is 0 Å². The van der Waals surface area contributed by atoms with E-state index < -0.39 is 0 Å². The van der Waals surface area contributed by atoms with Crippen LogP contribution in [0.3, 0.4) is 0 Å². The van der Waals surface area contributed by atoms with Gasteiger partial charge in [-0.05, 0) is 25.1 Å². The third-order valence-electron chi connectivity index (χ3n) is 2.51. The Hall–Kier alpha value is -0.480. The highest BCUT2D eigenvalue weighted by Gasteiger charge is 2.13. The lowest BCUT2D eigenvalue weighted by molar-refractivity contribution is 0.542. The molecule has 2 N–H and O–H groups in total. The van der Waals surface area contributed by atoms with E-state index in [1.165, 1.54) is 24.3 Å². The van der Waals surface area contributed by atoms with Crippen LogP contribution in [0.1, 0.15) is 18.7 Å². The monoisotopic (exact) mass is 211 g/mol. The molecular formula is C10H17N3S. The predicted molar refractivity (Wildman–Crippen MR) is 60.6 cm³/mol. The summed E-state index contributed by atoms with van der Waals surface area (Å²) in [6.07, 6.45) is 7.27. The van der Waals surface area contributed by atoms with Gasteiger partial charge in [0.05, 0.1) is 0 Å². The molecule has 1 atom stereocenters. The molecular weight excluding hydrogens is 194 g/mol. The lowest BCUT2D eigenvalue weighted by Crippen LogP contribution is -2.29. The summed E-state index contributed by atoms with van der Waals surface area (Å²) >= 11 is 2.06. The number of H-pyrrole nitrogens is 1. The van der Waals surface area contributed by atoms with Gasteiger partial charge in [0.1, 0.15) is 5.82 Å². The number of aromatic amines is 1. The number of imidazole rings is 1. The summed E-state index contributed by atoms with van der Waals surface area (Å²) in [4.78, 5) is 7.32. The molecule has 14 heavy (non-hydrogen) atoms. The van der Waals surface area contributed by atoms with Gasteiger partial charge in [-0.15, -0.1) is 0 Å². The van der Waals surface area contributed by atoms with Crippen molar-refractivity contribution < 1.29 is 0 Å². The Morgan fingerprint density at radius 1 is 1.64 bits per heavy atom. The van der Waals surface area contributed by atoms with Crippen LogP contribution in [0, 0.1) is 0 Å². The number of aromatic nitrogens is 2. The second-order valence-corrected chi connectivity index (χ2v) is 4.80. The van der Waals surface area contributed by atoms with Crippen LogP contribution < -0.4 is 5.32 Å². The van der Waals surface area contributed by atoms with E-state index in [1.807, 2.05) is 12.4 Å². The molecule has 1 aliphatic rings. The van der Waals surface area contributed by atoms with Gasteiger partial charge in [-0.2, -0.15) is 11.8 Å². The van der Waals surface area contributed by atoms with Gasteiger partial charge < -0.3 is 10.3 Å². The fourth-order valence-electron chi connectivity index (χ4n) is 1.69. The molecule has 1 aromatic rings. The van der Waals surface area contributed by atoms with Crippen molar-refractivity contribution in [3.05, 3.63) is 18.2 Å². The lowest BCUT2D eigenvalue weighted by Gasteiger charge is -2.09. The van der Waals surface area contributed by atoms with E-state index in [0.717, 1.165) is 24.8 Å². The van der Waals surface area contributed by atoms with Crippen molar-refractivity contribution in [2.24, 2.45) is 0 Å². The fourth-order valence-corrected chi connectivity index (χ4v) is 2.88. The Morgan fingerprint density at radius 2 is 2.64 bits per heavy atom. The van der Waals surface area contributed by atoms with Crippen LogP contribution in [0.4, 0.5) is 0 Å². The number of hydrogen-bond donors (Lipinski definition) is 2. The van der Waals surface area contributed by atoms with E-state index in [1.54, 1.807) is 0 Å². The predicted octanol–water partition coefficient (Wildman–Crippen LogP) is 1.44. The topological polar surface area (TPSA) is 40.7 Å². The van der Waals surface area contributed by atoms with Crippen molar-refractivity contribution in [3.63, 3.8) is 0 Å². The van der Waals surface area contributed by atoms with Crippen LogP contribution in [-0.2, 0) is 6.42 Å². The average Bonchev–Trinajstić information content (AvgIpc) is 2.86. The fraction of sp³-hybridized carbons (Fsp3) is 0.700. The molecule has 1 saturated heterocycles. The quantitative estimate of drug-likeness (QED) is 0.724. The average molecular weight is 211 g/mol. The van der Waals surface area contributed by atoms with Gasteiger partial charge in [-0.3, -0.25) is 0 Å². The molecule has 0 aromatic carbocycles. The van der Waals surface area contributed by atoms with Gasteiger partial charge in [0.25, 0.3) is 0 Å². The van der Waals surface area contributed by atoms with Crippen molar-refractivity contribution in [1.29, 1.82) is 0 Å². The first kappa shape index (κ1) is 10.1. The molecule has 4 heteroatoms. The minimum absolute atomic E-state index is 0.761. The maximum absolute atomic E-state index is 4.20. The standard InChI is InChI=1S/C10H17N3S/c1(2-10-12-5-6-13-10)4-11-9-3-7-14-8-9/h5-6,9,11H,1-4,7-8H2,(H,12,13). The minimum atomic E-state index is 0.761. The molecule has 3 nitrogen and oxygen atoms in total. The summed E-state index contributed by atoms with van der Waals surface area (Å²) in [6, 6.07) is 0.761. The first-order valence-electron chi connectivity index (χ1n) is 5.24. The molecule has 1 fully saturated rings. The van der Waals surface area contributed by atoms with E-state index >= 15 is 0 Å². The van der Waals surface area contributed by atoms with Crippen LogP contribution in [0.5, 0.6) is 0 Å². The van der Waals surface area contributed by atoms with E-state index in [2.05, 4.69) is 27.0 Å². The molecule has 0 aliphatic carbocycles. The Labute approximate surface area is 89.1 Å². The second-order valence-electron chi connectivity index (χ2n) is 3.65. The minimum Gasteiger partial charge on any atom is -0.349 e. The van der Waals surface area contributed by atoms with E-state index in [-0.39, 0.29) is 0 Å². The summed E-state index contributed by atoms with van der Waals surface area (Å²) in [6.45, 7) is 1.12. The molecule has 78 valence electrons. The molecule has 2 heterocycles. The van der Waals surface area contributed by atoms with Crippen molar-refractivity contribution in [2.45, 2.75) is 25.3 Å². The first-order valence-corrected chi connectivity index (χ1v) is 6.40. The molecule has 1 aromatic heterocycles. The van der Waals surface area contributed by atoms with Gasteiger partial charge in [0.15, 0.2) is 0 Å². The smallest absolute Gasteiger partial charge is 0.106 e. The summed E-state index contributed by atoms with van der Waals surface area (Å²) < 4.78 is 0. The number of nitrogens with zero attached hydrogens (tertiary/aromatic N) is 1. The molecule has 0 radical (unpaired) electrons. The lowest BCUT2D eigenvalue weighted by atomic mass is 10.2. The Bertz CT molecular complexity index is 242. The number of thioether (sulfide) groups is 1. The molecule has 0 bridgehead atoms. The zero-order chi connectivity index (χ0) is 9.64. The normalized spacial score (nSPS) is 21.6. The van der Waals surface area contributed by atoms with Gasteiger partial charge in [0.2, 0.25) is 0 Å². The molecule has 1 unspecified atom stereocenters. The molecule has 0 amide bonds. The van der Waals surface area contributed by atoms with Crippen LogP contribution in [0.25, 0.3) is 0 Å². The van der Waals surface area contributed by atoms with Crippen molar-refractivity contribution in [2.75, 3.05) is 18.1 Å². The largest absolute Gasteiger partial charge is 0.349 e. The Morgan fingerprint density at radius 3 is 3.36 bits per heavy atom. The van der Waals surface area contributed by atoms with Crippen molar-refractivity contribution >= 4 is 11.8 Å². The Balaban J connectivity index is 1.55. The summed E-state index contributed by atoms with van der Waals surface area (Å²) in [7, 11) is 0. The summed E-state index contributed by atoms with van der Waals surface area (Å²) in [5.41, 5.74) is 0. The Kier molecular flexibility index (Phi) is 3.89.